The van der Waals surface area contributed by atoms with Crippen LogP contribution in [-0.2, 0) is 18.3 Å². The fraction of sp³-hybridized carbons (Fsp3) is 0.111. The minimum atomic E-state index is -0.136. The van der Waals surface area contributed by atoms with E-state index in [2.05, 4.69) is 170 Å². The molecular weight excluding hydrogens is 695 g/mol. The lowest BCUT2D eigenvalue weighted by Crippen LogP contribution is -2.16. The molecule has 57 heavy (non-hydrogen) atoms. The Hall–Kier alpha value is -6.84. The number of hydrogen-bond acceptors (Lipinski definition) is 3. The van der Waals surface area contributed by atoms with E-state index in [9.17, 15) is 0 Å². The van der Waals surface area contributed by atoms with Crippen molar-refractivity contribution in [2.75, 3.05) is 4.90 Å². The maximum atomic E-state index is 6.73. The van der Waals surface area contributed by atoms with E-state index in [1.807, 2.05) is 12.1 Å². The predicted octanol–water partition coefficient (Wildman–Crippen LogP) is 15.1. The number of benzene rings is 8. The molecule has 272 valence electrons. The minimum Gasteiger partial charge on any atom is -0.456 e. The molecule has 0 fully saturated rings. The van der Waals surface area contributed by atoms with Gasteiger partial charge in [0.05, 0.1) is 0 Å². The maximum Gasteiger partial charge on any atom is 0.143 e. The number of rotatable bonds is 5. The number of nitrogens with zero attached hydrogens (tertiary/aromatic N) is 1. The highest BCUT2D eigenvalue weighted by Crippen LogP contribution is 2.51. The van der Waals surface area contributed by atoms with Crippen LogP contribution in [0.4, 0.5) is 17.1 Å². The molecule has 0 spiro atoms. The molecule has 0 atom stereocenters. The number of aryl methyl sites for hydroxylation is 2. The van der Waals surface area contributed by atoms with E-state index < -0.39 is 0 Å². The lowest BCUT2D eigenvalue weighted by Gasteiger charge is -2.28. The van der Waals surface area contributed by atoms with Crippen LogP contribution in [0.1, 0.15) is 42.5 Å². The van der Waals surface area contributed by atoms with Crippen LogP contribution in [0, 0.1) is 0 Å². The summed E-state index contributed by atoms with van der Waals surface area (Å²) in [6.45, 7) is 4.69. The SMILES string of the molecule is CC1(C)c2ccccc2-c2ccc(N(c3cccc(-c4cc(-c5ccc6c(c5)CCC6)cc5c4oc4ccccc45)c3)c3ccc4c(c3)oc3ccccc34)cc21. The van der Waals surface area contributed by atoms with E-state index in [4.69, 9.17) is 8.83 Å². The van der Waals surface area contributed by atoms with Crippen molar-refractivity contribution in [2.24, 2.45) is 0 Å². The van der Waals surface area contributed by atoms with Crippen molar-refractivity contribution in [3.05, 3.63) is 186 Å². The highest BCUT2D eigenvalue weighted by atomic mass is 16.3. The molecule has 3 heteroatoms. The van der Waals surface area contributed by atoms with Crippen molar-refractivity contribution in [1.82, 2.24) is 0 Å². The number of anilines is 3. The van der Waals surface area contributed by atoms with Crippen molar-refractivity contribution in [2.45, 2.75) is 38.5 Å². The van der Waals surface area contributed by atoms with Gasteiger partial charge < -0.3 is 13.7 Å². The van der Waals surface area contributed by atoms with Gasteiger partial charge in [-0.3, -0.25) is 0 Å². The Morgan fingerprint density at radius 2 is 1.12 bits per heavy atom. The number of furan rings is 2. The third kappa shape index (κ3) is 4.91. The first-order chi connectivity index (χ1) is 28.0. The molecule has 0 saturated carbocycles. The smallest absolute Gasteiger partial charge is 0.143 e. The first-order valence-corrected chi connectivity index (χ1v) is 20.1. The predicted molar refractivity (Wildman–Crippen MR) is 236 cm³/mol. The van der Waals surface area contributed by atoms with E-state index in [1.54, 1.807) is 0 Å². The molecule has 10 aromatic rings. The van der Waals surface area contributed by atoms with Crippen molar-refractivity contribution < 1.29 is 8.83 Å². The third-order valence-corrected chi connectivity index (χ3v) is 12.8. The van der Waals surface area contributed by atoms with Crippen LogP contribution >= 0.6 is 0 Å². The largest absolute Gasteiger partial charge is 0.456 e. The normalized spacial score (nSPS) is 14.1. The van der Waals surface area contributed by atoms with Gasteiger partial charge in [-0.1, -0.05) is 111 Å². The fourth-order valence-corrected chi connectivity index (χ4v) is 9.90. The lowest BCUT2D eigenvalue weighted by molar-refractivity contribution is 0.660. The monoisotopic (exact) mass is 733 g/mol. The van der Waals surface area contributed by atoms with Crippen LogP contribution < -0.4 is 4.90 Å². The molecule has 12 rings (SSSR count). The Bertz CT molecular complexity index is 3270. The molecule has 0 aliphatic heterocycles. The van der Waals surface area contributed by atoms with Crippen molar-refractivity contribution in [3.63, 3.8) is 0 Å². The number of hydrogen-bond donors (Lipinski definition) is 0. The molecule has 0 bridgehead atoms. The summed E-state index contributed by atoms with van der Waals surface area (Å²) in [5.41, 5.74) is 19.6. The molecule has 0 unspecified atom stereocenters. The van der Waals surface area contributed by atoms with Gasteiger partial charge in [0, 0.05) is 55.7 Å². The third-order valence-electron chi connectivity index (χ3n) is 12.8. The van der Waals surface area contributed by atoms with Gasteiger partial charge in [-0.15, -0.1) is 0 Å². The molecule has 2 aromatic heterocycles. The first-order valence-electron chi connectivity index (χ1n) is 20.1. The number of para-hydroxylation sites is 2. The summed E-state index contributed by atoms with van der Waals surface area (Å²) >= 11 is 0. The average Bonchev–Trinajstić information content (AvgIpc) is 4.02. The van der Waals surface area contributed by atoms with Gasteiger partial charge in [-0.25, -0.2) is 0 Å². The van der Waals surface area contributed by atoms with Gasteiger partial charge in [0.1, 0.15) is 22.3 Å². The second-order valence-electron chi connectivity index (χ2n) is 16.4. The van der Waals surface area contributed by atoms with Crippen molar-refractivity contribution >= 4 is 60.9 Å². The molecule has 3 nitrogen and oxygen atoms in total. The van der Waals surface area contributed by atoms with E-state index in [0.717, 1.165) is 78.5 Å². The highest BCUT2D eigenvalue weighted by molar-refractivity contribution is 6.12. The molecule has 2 heterocycles. The molecule has 0 radical (unpaired) electrons. The lowest BCUT2D eigenvalue weighted by atomic mass is 9.82. The molecule has 0 N–H and O–H groups in total. The van der Waals surface area contributed by atoms with Crippen LogP contribution in [-0.4, -0.2) is 0 Å². The Labute approximate surface area is 331 Å². The Morgan fingerprint density at radius 1 is 0.421 bits per heavy atom. The molecule has 0 amide bonds. The number of fused-ring (bicyclic) bond motifs is 10. The summed E-state index contributed by atoms with van der Waals surface area (Å²) in [6.07, 6.45) is 3.56. The zero-order valence-corrected chi connectivity index (χ0v) is 32.0. The van der Waals surface area contributed by atoms with Gasteiger partial charge in [0.25, 0.3) is 0 Å². The second-order valence-corrected chi connectivity index (χ2v) is 16.4. The van der Waals surface area contributed by atoms with Crippen molar-refractivity contribution in [3.8, 4) is 33.4 Å². The summed E-state index contributed by atoms with van der Waals surface area (Å²) < 4.78 is 13.2. The zero-order valence-electron chi connectivity index (χ0n) is 32.0. The topological polar surface area (TPSA) is 29.5 Å². The highest BCUT2D eigenvalue weighted by Gasteiger charge is 2.36. The van der Waals surface area contributed by atoms with Crippen LogP contribution in [0.25, 0.3) is 77.3 Å². The Morgan fingerprint density at radius 3 is 2.02 bits per heavy atom. The van der Waals surface area contributed by atoms with Gasteiger partial charge >= 0.3 is 0 Å². The van der Waals surface area contributed by atoms with Crippen LogP contribution in [0.3, 0.4) is 0 Å². The molecule has 2 aliphatic carbocycles. The quantitative estimate of drug-likeness (QED) is 0.176. The summed E-state index contributed by atoms with van der Waals surface area (Å²) in [5.74, 6) is 0. The summed E-state index contributed by atoms with van der Waals surface area (Å²) in [4.78, 5) is 2.38. The maximum absolute atomic E-state index is 6.73. The van der Waals surface area contributed by atoms with Gasteiger partial charge in [0.2, 0.25) is 0 Å². The van der Waals surface area contributed by atoms with E-state index in [0.29, 0.717) is 0 Å². The van der Waals surface area contributed by atoms with E-state index in [-0.39, 0.29) is 5.41 Å². The average molecular weight is 734 g/mol. The Kier molecular flexibility index (Phi) is 6.87. The van der Waals surface area contributed by atoms with Crippen molar-refractivity contribution in [1.29, 1.82) is 0 Å². The summed E-state index contributed by atoms with van der Waals surface area (Å²) in [5, 5.41) is 4.51. The van der Waals surface area contributed by atoms with Crippen LogP contribution in [0.5, 0.6) is 0 Å². The summed E-state index contributed by atoms with van der Waals surface area (Å²) in [6, 6.07) is 59.8. The first kappa shape index (κ1) is 32.4. The molecule has 2 aliphatic rings. The molecule has 0 saturated heterocycles. The standard InChI is InChI=1S/C54H39NO2/c1-54(2)48-18-6-3-15-41(48)42-25-23-39(31-49(42)54)55(40-24-26-45-43-16-4-7-19-50(43)56-52(45)32-40)38-14-10-13-36(28-38)46-29-37(35-22-21-33-11-9-12-34(33)27-35)30-47-44-17-5-8-20-51(44)57-53(46)47/h3-8,10,13-32H,9,11-12H2,1-2H3. The zero-order chi connectivity index (χ0) is 37.8. The van der Waals surface area contributed by atoms with Crippen LogP contribution in [0.2, 0.25) is 0 Å². The van der Waals surface area contributed by atoms with E-state index in [1.165, 1.54) is 57.3 Å². The van der Waals surface area contributed by atoms with Gasteiger partial charge in [-0.05, 0) is 130 Å². The van der Waals surface area contributed by atoms with E-state index >= 15 is 0 Å². The van der Waals surface area contributed by atoms with Gasteiger partial charge in [-0.2, -0.15) is 0 Å². The van der Waals surface area contributed by atoms with Gasteiger partial charge in [0.15, 0.2) is 0 Å². The Balaban J connectivity index is 1.07. The molecule has 8 aromatic carbocycles. The minimum absolute atomic E-state index is 0.136. The summed E-state index contributed by atoms with van der Waals surface area (Å²) in [7, 11) is 0. The van der Waals surface area contributed by atoms with Crippen LogP contribution in [0.15, 0.2) is 173 Å². The molecular formula is C54H39NO2. The fourth-order valence-electron chi connectivity index (χ4n) is 9.90. The second kappa shape index (κ2) is 12.1.